The maximum atomic E-state index is 11.3. The number of carbonyl (C=O) groups excluding carboxylic acids is 1. The summed E-state index contributed by atoms with van der Waals surface area (Å²) in [4.78, 5) is 17.4. The molecule has 0 aliphatic carbocycles. The number of hydrogen-bond acceptors (Lipinski definition) is 4. The van der Waals surface area contributed by atoms with Gasteiger partial charge in [-0.15, -0.1) is 11.3 Å². The molecule has 86 valence electrons. The van der Waals surface area contributed by atoms with Crippen LogP contribution < -0.4 is 0 Å². The second kappa shape index (κ2) is 4.07. The van der Waals surface area contributed by atoms with Crippen LogP contribution in [0.25, 0.3) is 4.96 Å². The van der Waals surface area contributed by atoms with Gasteiger partial charge in [0.05, 0.1) is 7.11 Å². The monoisotopic (exact) mass is 258 g/mol. The standard InChI is InChI=1S/C10H11ClN2O2S/c1-5(2)6-4-13-8(11)7(9(14)15-3)12-10(13)16-6/h4-5H,1-3H3. The Kier molecular flexibility index (Phi) is 2.90. The van der Waals surface area contributed by atoms with E-state index in [-0.39, 0.29) is 5.69 Å². The minimum Gasteiger partial charge on any atom is -0.464 e. The lowest BCUT2D eigenvalue weighted by Crippen LogP contribution is -2.02. The Bertz CT molecular complexity index is 544. The third kappa shape index (κ3) is 1.70. The van der Waals surface area contributed by atoms with E-state index in [0.29, 0.717) is 16.0 Å². The highest BCUT2D eigenvalue weighted by Crippen LogP contribution is 2.29. The molecule has 0 amide bonds. The molecule has 2 rings (SSSR count). The number of carbonyl (C=O) groups is 1. The van der Waals surface area contributed by atoms with Crippen molar-refractivity contribution in [2.75, 3.05) is 7.11 Å². The summed E-state index contributed by atoms with van der Waals surface area (Å²) in [6, 6.07) is 0. The van der Waals surface area contributed by atoms with Gasteiger partial charge in [-0.3, -0.25) is 4.40 Å². The van der Waals surface area contributed by atoms with Gasteiger partial charge in [0.2, 0.25) is 0 Å². The second-order valence-electron chi connectivity index (χ2n) is 3.68. The van der Waals surface area contributed by atoms with E-state index < -0.39 is 5.97 Å². The van der Waals surface area contributed by atoms with Crippen LogP contribution in [0.1, 0.15) is 35.1 Å². The van der Waals surface area contributed by atoms with Gasteiger partial charge >= 0.3 is 5.97 Å². The summed E-state index contributed by atoms with van der Waals surface area (Å²) >= 11 is 7.58. The first-order valence-electron chi connectivity index (χ1n) is 4.80. The van der Waals surface area contributed by atoms with Crippen LogP contribution in [-0.4, -0.2) is 22.5 Å². The van der Waals surface area contributed by atoms with Gasteiger partial charge in [-0.1, -0.05) is 25.4 Å². The van der Waals surface area contributed by atoms with E-state index in [1.165, 1.54) is 23.3 Å². The number of methoxy groups -OCH3 is 1. The number of hydrogen-bond donors (Lipinski definition) is 0. The van der Waals surface area contributed by atoms with E-state index in [1.807, 2.05) is 6.20 Å². The summed E-state index contributed by atoms with van der Waals surface area (Å²) in [7, 11) is 1.31. The fraction of sp³-hybridized carbons (Fsp3) is 0.400. The summed E-state index contributed by atoms with van der Waals surface area (Å²) < 4.78 is 6.32. The zero-order chi connectivity index (χ0) is 11.9. The predicted octanol–water partition coefficient (Wildman–Crippen LogP) is 2.96. The van der Waals surface area contributed by atoms with Crippen LogP contribution in [-0.2, 0) is 4.74 Å². The van der Waals surface area contributed by atoms with Gasteiger partial charge in [-0.05, 0) is 5.92 Å². The topological polar surface area (TPSA) is 43.6 Å². The third-order valence-corrected chi connectivity index (χ3v) is 3.88. The molecule has 0 atom stereocenters. The van der Waals surface area contributed by atoms with E-state index in [9.17, 15) is 4.79 Å². The quantitative estimate of drug-likeness (QED) is 0.778. The molecule has 0 saturated carbocycles. The zero-order valence-electron chi connectivity index (χ0n) is 9.15. The van der Waals surface area contributed by atoms with Crippen molar-refractivity contribution in [2.45, 2.75) is 19.8 Å². The molecule has 0 aliphatic heterocycles. The van der Waals surface area contributed by atoms with Gasteiger partial charge < -0.3 is 4.74 Å². The van der Waals surface area contributed by atoms with Crippen LogP contribution in [0.4, 0.5) is 0 Å². The summed E-state index contributed by atoms with van der Waals surface area (Å²) in [6.07, 6.45) is 1.91. The van der Waals surface area contributed by atoms with Crippen molar-refractivity contribution in [2.24, 2.45) is 0 Å². The highest BCUT2D eigenvalue weighted by Gasteiger charge is 2.20. The van der Waals surface area contributed by atoms with Crippen molar-refractivity contribution in [3.05, 3.63) is 21.9 Å². The molecule has 0 saturated heterocycles. The summed E-state index contributed by atoms with van der Waals surface area (Å²) in [6.45, 7) is 4.20. The molecule has 0 bridgehead atoms. The van der Waals surface area contributed by atoms with Crippen molar-refractivity contribution in [3.63, 3.8) is 0 Å². The van der Waals surface area contributed by atoms with Crippen LogP contribution in [0, 0.1) is 0 Å². The lowest BCUT2D eigenvalue weighted by Gasteiger charge is -1.97. The molecule has 0 spiro atoms. The maximum Gasteiger partial charge on any atom is 0.359 e. The minimum atomic E-state index is -0.507. The molecule has 0 N–H and O–H groups in total. The number of fused-ring (bicyclic) bond motifs is 1. The SMILES string of the molecule is COC(=O)c1nc2sc(C(C)C)cn2c1Cl. The molecule has 0 radical (unpaired) electrons. The molecule has 0 aliphatic rings. The van der Waals surface area contributed by atoms with Crippen molar-refractivity contribution in [1.29, 1.82) is 0 Å². The molecule has 2 aromatic heterocycles. The Balaban J connectivity index is 2.55. The van der Waals surface area contributed by atoms with Gasteiger partial charge in [0, 0.05) is 11.1 Å². The molecule has 2 heterocycles. The summed E-state index contributed by atoms with van der Waals surface area (Å²) in [5.41, 5.74) is 0.172. The van der Waals surface area contributed by atoms with E-state index >= 15 is 0 Å². The van der Waals surface area contributed by atoms with Crippen LogP contribution in [0.3, 0.4) is 0 Å². The van der Waals surface area contributed by atoms with Crippen molar-refractivity contribution in [1.82, 2.24) is 9.38 Å². The fourth-order valence-electron chi connectivity index (χ4n) is 1.33. The number of imidazole rings is 1. The van der Waals surface area contributed by atoms with Gasteiger partial charge in [0.25, 0.3) is 0 Å². The largest absolute Gasteiger partial charge is 0.464 e. The van der Waals surface area contributed by atoms with Gasteiger partial charge in [0.15, 0.2) is 10.7 Å². The number of nitrogens with zero attached hydrogens (tertiary/aromatic N) is 2. The number of thiazole rings is 1. The van der Waals surface area contributed by atoms with Gasteiger partial charge in [-0.25, -0.2) is 9.78 Å². The van der Waals surface area contributed by atoms with Crippen molar-refractivity contribution < 1.29 is 9.53 Å². The molecule has 6 heteroatoms. The predicted molar refractivity (Wildman–Crippen MR) is 63.5 cm³/mol. The zero-order valence-corrected chi connectivity index (χ0v) is 10.7. The first kappa shape index (κ1) is 11.4. The van der Waals surface area contributed by atoms with E-state index in [0.717, 1.165) is 0 Å². The highest BCUT2D eigenvalue weighted by molar-refractivity contribution is 7.17. The molecule has 2 aromatic rings. The van der Waals surface area contributed by atoms with E-state index in [4.69, 9.17) is 11.6 Å². The number of aromatic nitrogens is 2. The van der Waals surface area contributed by atoms with Crippen LogP contribution >= 0.6 is 22.9 Å². The van der Waals surface area contributed by atoms with E-state index in [1.54, 1.807) is 4.40 Å². The van der Waals surface area contributed by atoms with Crippen molar-refractivity contribution >= 4 is 33.9 Å². The molecule has 0 fully saturated rings. The Morgan fingerprint density at radius 2 is 2.31 bits per heavy atom. The number of esters is 1. The second-order valence-corrected chi connectivity index (χ2v) is 5.08. The van der Waals surface area contributed by atoms with Crippen LogP contribution in [0.15, 0.2) is 6.20 Å². The Labute approximate surface area is 102 Å². The maximum absolute atomic E-state index is 11.3. The molecule has 0 unspecified atom stereocenters. The molecule has 0 aromatic carbocycles. The summed E-state index contributed by atoms with van der Waals surface area (Å²) in [5.74, 6) is -0.0867. The molecular weight excluding hydrogens is 248 g/mol. The number of rotatable bonds is 2. The average molecular weight is 259 g/mol. The molecule has 4 nitrogen and oxygen atoms in total. The lowest BCUT2D eigenvalue weighted by molar-refractivity contribution is 0.0595. The van der Waals surface area contributed by atoms with Crippen LogP contribution in [0.5, 0.6) is 0 Å². The Hall–Kier alpha value is -1.07. The Morgan fingerprint density at radius 3 is 2.81 bits per heavy atom. The van der Waals surface area contributed by atoms with E-state index in [2.05, 4.69) is 23.6 Å². The van der Waals surface area contributed by atoms with Gasteiger partial charge in [-0.2, -0.15) is 0 Å². The van der Waals surface area contributed by atoms with Crippen LogP contribution in [0.2, 0.25) is 5.15 Å². The molecule has 16 heavy (non-hydrogen) atoms. The average Bonchev–Trinajstić information content (AvgIpc) is 2.78. The fourth-order valence-corrected chi connectivity index (χ4v) is 2.61. The lowest BCUT2D eigenvalue weighted by atomic mass is 10.2. The highest BCUT2D eigenvalue weighted by atomic mass is 35.5. The Morgan fingerprint density at radius 1 is 1.62 bits per heavy atom. The summed E-state index contributed by atoms with van der Waals surface area (Å²) in [5, 5.41) is 0.310. The third-order valence-electron chi connectivity index (χ3n) is 2.23. The number of halogens is 1. The minimum absolute atomic E-state index is 0.172. The van der Waals surface area contributed by atoms with Crippen molar-refractivity contribution in [3.8, 4) is 0 Å². The smallest absolute Gasteiger partial charge is 0.359 e. The first-order valence-corrected chi connectivity index (χ1v) is 5.99. The normalized spacial score (nSPS) is 11.3. The van der Waals surface area contributed by atoms with Gasteiger partial charge in [0.1, 0.15) is 5.15 Å². The number of ether oxygens (including phenoxy) is 1. The molecular formula is C10H11ClN2O2S. The first-order chi connectivity index (χ1) is 7.54.